The molecule has 0 amide bonds. The second kappa shape index (κ2) is 3.02. The van der Waals surface area contributed by atoms with Crippen LogP contribution in [0.25, 0.3) is 0 Å². The first-order valence-electron chi connectivity index (χ1n) is 3.87. The van der Waals surface area contributed by atoms with Crippen LogP contribution in [-0.4, -0.2) is 6.04 Å². The van der Waals surface area contributed by atoms with Gasteiger partial charge >= 0.3 is 0 Å². The molecule has 1 aliphatic carbocycles. The first-order valence-corrected chi connectivity index (χ1v) is 3.87. The molecule has 0 heterocycles. The summed E-state index contributed by atoms with van der Waals surface area (Å²) in [5.74, 6) is 0. The summed E-state index contributed by atoms with van der Waals surface area (Å²) >= 11 is 0. The van der Waals surface area contributed by atoms with Crippen molar-refractivity contribution in [2.75, 3.05) is 0 Å². The van der Waals surface area contributed by atoms with E-state index >= 15 is 0 Å². The fraction of sp³-hybridized carbons (Fsp3) is 0.556. The molecule has 1 fully saturated rings. The van der Waals surface area contributed by atoms with Crippen LogP contribution in [0.5, 0.6) is 0 Å². The molecule has 1 aliphatic rings. The van der Waals surface area contributed by atoms with E-state index in [1.54, 1.807) is 0 Å². The van der Waals surface area contributed by atoms with Crippen molar-refractivity contribution < 1.29 is 0 Å². The molecular formula is C9H15N. The summed E-state index contributed by atoms with van der Waals surface area (Å²) in [7, 11) is 0. The Kier molecular flexibility index (Phi) is 2.28. The van der Waals surface area contributed by atoms with Crippen LogP contribution < -0.4 is 5.73 Å². The molecule has 0 aromatic carbocycles. The predicted molar refractivity (Wildman–Crippen MR) is 44.7 cm³/mol. The quantitative estimate of drug-likeness (QED) is 0.543. The van der Waals surface area contributed by atoms with E-state index in [4.69, 9.17) is 5.73 Å². The summed E-state index contributed by atoms with van der Waals surface area (Å²) in [6, 6.07) is 0.302. The Morgan fingerprint density at radius 1 is 1.40 bits per heavy atom. The summed E-state index contributed by atoms with van der Waals surface area (Å²) < 4.78 is 0. The molecule has 1 rings (SSSR count). The van der Waals surface area contributed by atoms with Crippen molar-refractivity contribution >= 4 is 0 Å². The van der Waals surface area contributed by atoms with Crippen LogP contribution in [-0.2, 0) is 0 Å². The van der Waals surface area contributed by atoms with Gasteiger partial charge in [-0.05, 0) is 37.8 Å². The number of hydrogen-bond acceptors (Lipinski definition) is 1. The summed E-state index contributed by atoms with van der Waals surface area (Å²) in [6.45, 7) is 4.14. The molecule has 56 valence electrons. The molecule has 1 heteroatoms. The fourth-order valence-corrected chi connectivity index (χ4v) is 1.56. The summed E-state index contributed by atoms with van der Waals surface area (Å²) in [5, 5.41) is 0. The lowest BCUT2D eigenvalue weighted by Gasteiger charge is -2.03. The SMILES string of the molecule is C/C=C1/CCC(N)/C1=C/C. The van der Waals surface area contributed by atoms with Crippen LogP contribution >= 0.6 is 0 Å². The van der Waals surface area contributed by atoms with Crippen LogP contribution in [0.3, 0.4) is 0 Å². The van der Waals surface area contributed by atoms with Crippen LogP contribution in [0.2, 0.25) is 0 Å². The van der Waals surface area contributed by atoms with Gasteiger partial charge in [0.05, 0.1) is 0 Å². The van der Waals surface area contributed by atoms with Gasteiger partial charge in [-0.3, -0.25) is 0 Å². The third-order valence-electron chi connectivity index (χ3n) is 2.15. The topological polar surface area (TPSA) is 26.0 Å². The van der Waals surface area contributed by atoms with Crippen LogP contribution in [0, 0.1) is 0 Å². The molecule has 1 nitrogen and oxygen atoms in total. The van der Waals surface area contributed by atoms with E-state index in [1.165, 1.54) is 11.1 Å². The molecule has 0 radical (unpaired) electrons. The molecule has 10 heavy (non-hydrogen) atoms. The Morgan fingerprint density at radius 2 is 2.10 bits per heavy atom. The van der Waals surface area contributed by atoms with Crippen molar-refractivity contribution in [3.05, 3.63) is 23.3 Å². The molecule has 1 saturated carbocycles. The number of nitrogens with two attached hydrogens (primary N) is 1. The van der Waals surface area contributed by atoms with Gasteiger partial charge < -0.3 is 5.73 Å². The minimum Gasteiger partial charge on any atom is -0.324 e. The molecule has 0 aromatic heterocycles. The van der Waals surface area contributed by atoms with Crippen LogP contribution in [0.1, 0.15) is 26.7 Å². The molecule has 0 aromatic rings. The highest BCUT2D eigenvalue weighted by Crippen LogP contribution is 2.28. The molecule has 2 N–H and O–H groups in total. The minimum atomic E-state index is 0.302. The van der Waals surface area contributed by atoms with Gasteiger partial charge in [0.2, 0.25) is 0 Å². The highest BCUT2D eigenvalue weighted by atomic mass is 14.7. The number of allylic oxidation sites excluding steroid dienone is 2. The van der Waals surface area contributed by atoms with Gasteiger partial charge in [-0.25, -0.2) is 0 Å². The zero-order chi connectivity index (χ0) is 7.56. The molecule has 0 spiro atoms. The Bertz CT molecular complexity index is 177. The van der Waals surface area contributed by atoms with Gasteiger partial charge in [-0.15, -0.1) is 0 Å². The van der Waals surface area contributed by atoms with Crippen molar-refractivity contribution in [1.29, 1.82) is 0 Å². The Balaban J connectivity index is 2.84. The van der Waals surface area contributed by atoms with E-state index in [-0.39, 0.29) is 0 Å². The normalized spacial score (nSPS) is 34.1. The van der Waals surface area contributed by atoms with Crippen molar-refractivity contribution in [3.8, 4) is 0 Å². The van der Waals surface area contributed by atoms with Gasteiger partial charge in [0, 0.05) is 6.04 Å². The van der Waals surface area contributed by atoms with Gasteiger partial charge in [0.15, 0.2) is 0 Å². The standard InChI is InChI=1S/C9H15N/c1-3-7-5-6-9(10)8(7)4-2/h3-4,9H,5-6,10H2,1-2H3/b7-3-,8-4+. The third-order valence-corrected chi connectivity index (χ3v) is 2.15. The summed E-state index contributed by atoms with van der Waals surface area (Å²) in [6.07, 6.45) is 6.59. The van der Waals surface area contributed by atoms with Gasteiger partial charge in [0.25, 0.3) is 0 Å². The average Bonchev–Trinajstić information content (AvgIpc) is 2.30. The monoisotopic (exact) mass is 137 g/mol. The zero-order valence-electron chi connectivity index (χ0n) is 6.72. The lowest BCUT2D eigenvalue weighted by Crippen LogP contribution is -2.16. The maximum absolute atomic E-state index is 5.85. The molecule has 0 bridgehead atoms. The average molecular weight is 137 g/mol. The fourth-order valence-electron chi connectivity index (χ4n) is 1.56. The number of rotatable bonds is 0. The predicted octanol–water partition coefficient (Wildman–Crippen LogP) is 2.00. The van der Waals surface area contributed by atoms with Gasteiger partial charge in [-0.1, -0.05) is 12.2 Å². The van der Waals surface area contributed by atoms with Crippen molar-refractivity contribution in [1.82, 2.24) is 0 Å². The van der Waals surface area contributed by atoms with E-state index in [0.717, 1.165) is 12.8 Å². The Hall–Kier alpha value is -0.560. The molecule has 1 unspecified atom stereocenters. The van der Waals surface area contributed by atoms with E-state index in [0.29, 0.717) is 6.04 Å². The highest BCUT2D eigenvalue weighted by Gasteiger charge is 2.19. The molecular weight excluding hydrogens is 122 g/mol. The van der Waals surface area contributed by atoms with Crippen molar-refractivity contribution in [2.24, 2.45) is 5.73 Å². The lowest BCUT2D eigenvalue weighted by molar-refractivity contribution is 0.778. The maximum atomic E-state index is 5.85. The first-order chi connectivity index (χ1) is 4.79. The maximum Gasteiger partial charge on any atom is 0.0297 e. The smallest absolute Gasteiger partial charge is 0.0297 e. The molecule has 1 atom stereocenters. The van der Waals surface area contributed by atoms with Gasteiger partial charge in [0.1, 0.15) is 0 Å². The van der Waals surface area contributed by atoms with E-state index in [1.807, 2.05) is 0 Å². The minimum absolute atomic E-state index is 0.302. The zero-order valence-corrected chi connectivity index (χ0v) is 6.72. The molecule has 0 saturated heterocycles. The summed E-state index contributed by atoms with van der Waals surface area (Å²) in [5.41, 5.74) is 8.64. The van der Waals surface area contributed by atoms with Crippen molar-refractivity contribution in [2.45, 2.75) is 32.7 Å². The lowest BCUT2D eigenvalue weighted by atomic mass is 10.1. The van der Waals surface area contributed by atoms with Crippen LogP contribution in [0.15, 0.2) is 23.3 Å². The second-order valence-corrected chi connectivity index (χ2v) is 2.70. The number of hydrogen-bond donors (Lipinski definition) is 1. The van der Waals surface area contributed by atoms with Crippen molar-refractivity contribution in [3.63, 3.8) is 0 Å². The van der Waals surface area contributed by atoms with E-state index in [9.17, 15) is 0 Å². The van der Waals surface area contributed by atoms with E-state index < -0.39 is 0 Å². The molecule has 0 aliphatic heterocycles. The third kappa shape index (κ3) is 1.14. The highest BCUT2D eigenvalue weighted by molar-refractivity contribution is 5.38. The largest absolute Gasteiger partial charge is 0.324 e. The second-order valence-electron chi connectivity index (χ2n) is 2.70. The van der Waals surface area contributed by atoms with E-state index in [2.05, 4.69) is 26.0 Å². The van der Waals surface area contributed by atoms with Crippen LogP contribution in [0.4, 0.5) is 0 Å². The summed E-state index contributed by atoms with van der Waals surface area (Å²) in [4.78, 5) is 0. The first kappa shape index (κ1) is 7.55. The Labute approximate surface area is 62.6 Å². The Morgan fingerprint density at radius 3 is 2.50 bits per heavy atom. The van der Waals surface area contributed by atoms with Gasteiger partial charge in [-0.2, -0.15) is 0 Å².